The lowest BCUT2D eigenvalue weighted by molar-refractivity contribution is -0.122. The Kier molecular flexibility index (Phi) is 4.60. The van der Waals surface area contributed by atoms with Crippen molar-refractivity contribution in [3.05, 3.63) is 46.8 Å². The van der Waals surface area contributed by atoms with Crippen molar-refractivity contribution in [3.63, 3.8) is 0 Å². The molecule has 25 heavy (non-hydrogen) atoms. The minimum Gasteiger partial charge on any atom is -0.352 e. The summed E-state index contributed by atoms with van der Waals surface area (Å²) >= 11 is 0. The molecule has 1 atom stereocenters. The molecular weight excluding hydrogens is 320 g/mol. The summed E-state index contributed by atoms with van der Waals surface area (Å²) in [6.45, 7) is 5.50. The van der Waals surface area contributed by atoms with Gasteiger partial charge in [0.2, 0.25) is 5.91 Å². The molecule has 0 spiro atoms. The fourth-order valence-corrected chi connectivity index (χ4v) is 2.51. The quantitative estimate of drug-likeness (QED) is 0.752. The minimum atomic E-state index is -0.383. The van der Waals surface area contributed by atoms with Crippen LogP contribution in [0.4, 0.5) is 0 Å². The number of fused-ring (bicyclic) bond motifs is 1. The van der Waals surface area contributed by atoms with Crippen molar-refractivity contribution in [1.82, 2.24) is 29.5 Å². The van der Waals surface area contributed by atoms with Crippen LogP contribution in [0.25, 0.3) is 17.0 Å². The third-order valence-electron chi connectivity index (χ3n) is 3.98. The molecule has 0 aliphatic carbocycles. The number of amides is 1. The zero-order valence-corrected chi connectivity index (χ0v) is 14.4. The van der Waals surface area contributed by atoms with Crippen LogP contribution in [0.3, 0.4) is 0 Å². The topological polar surface area (TPSA) is 94.2 Å². The highest BCUT2D eigenvalue weighted by molar-refractivity contribution is 5.76. The predicted molar refractivity (Wildman–Crippen MR) is 93.1 cm³/mol. The molecule has 0 radical (unpaired) electrons. The van der Waals surface area contributed by atoms with Crippen molar-refractivity contribution in [3.8, 4) is 11.4 Å². The van der Waals surface area contributed by atoms with Gasteiger partial charge >= 0.3 is 5.69 Å². The lowest BCUT2D eigenvalue weighted by atomic mass is 10.2. The van der Waals surface area contributed by atoms with E-state index >= 15 is 0 Å². The fourth-order valence-electron chi connectivity index (χ4n) is 2.51. The van der Waals surface area contributed by atoms with Crippen molar-refractivity contribution >= 4 is 11.6 Å². The smallest absolute Gasteiger partial charge is 0.352 e. The van der Waals surface area contributed by atoms with Crippen LogP contribution >= 0.6 is 0 Å². The molecule has 3 heterocycles. The first-order valence-corrected chi connectivity index (χ1v) is 8.17. The molecule has 3 aromatic heterocycles. The highest BCUT2D eigenvalue weighted by Crippen LogP contribution is 2.15. The zero-order chi connectivity index (χ0) is 18.0. The predicted octanol–water partition coefficient (Wildman–Crippen LogP) is 1.18. The van der Waals surface area contributed by atoms with Gasteiger partial charge < -0.3 is 5.32 Å². The van der Waals surface area contributed by atoms with Crippen LogP contribution in [0.1, 0.15) is 26.1 Å². The summed E-state index contributed by atoms with van der Waals surface area (Å²) in [5.74, 6) is 0.257. The van der Waals surface area contributed by atoms with E-state index in [1.165, 1.54) is 4.40 Å². The molecule has 1 amide bonds. The third-order valence-corrected chi connectivity index (χ3v) is 3.98. The molecule has 0 saturated heterocycles. The molecule has 0 bridgehead atoms. The van der Waals surface area contributed by atoms with Crippen molar-refractivity contribution in [2.75, 3.05) is 0 Å². The van der Waals surface area contributed by atoms with Gasteiger partial charge in [0.25, 0.3) is 0 Å². The number of carbonyl (C=O) groups excluding carboxylic acids is 1. The standard InChI is InChI=1S/C17H20N6O2/c1-4-11(2)19-16(24)10-22-17(25)23-12(3)20-14(9-15(23)21-22)13-7-5-6-8-18-13/h5-9,11H,4,10H2,1-3H3,(H,19,24)/t11-/m1/s1. The van der Waals surface area contributed by atoms with Crippen molar-refractivity contribution < 1.29 is 4.79 Å². The molecule has 0 fully saturated rings. The molecule has 0 unspecified atom stereocenters. The van der Waals surface area contributed by atoms with Gasteiger partial charge in [0, 0.05) is 18.3 Å². The Balaban J connectivity index is 1.98. The molecule has 130 valence electrons. The molecule has 3 aromatic rings. The van der Waals surface area contributed by atoms with Crippen LogP contribution in [0.15, 0.2) is 35.3 Å². The van der Waals surface area contributed by atoms with Gasteiger partial charge in [-0.25, -0.2) is 18.9 Å². The van der Waals surface area contributed by atoms with E-state index in [4.69, 9.17) is 0 Å². The maximum absolute atomic E-state index is 12.5. The summed E-state index contributed by atoms with van der Waals surface area (Å²) in [6.07, 6.45) is 2.50. The molecule has 0 aliphatic rings. The third kappa shape index (κ3) is 3.42. The van der Waals surface area contributed by atoms with Gasteiger partial charge in [0.15, 0.2) is 5.65 Å². The summed E-state index contributed by atoms with van der Waals surface area (Å²) in [6, 6.07) is 7.28. The van der Waals surface area contributed by atoms with Crippen LogP contribution in [0.5, 0.6) is 0 Å². The SMILES string of the molecule is CC[C@@H](C)NC(=O)Cn1nc2cc(-c3ccccn3)nc(C)n2c1=O. The Morgan fingerprint density at radius 3 is 2.80 bits per heavy atom. The number of pyridine rings is 1. The van der Waals surface area contributed by atoms with E-state index in [1.54, 1.807) is 19.2 Å². The van der Waals surface area contributed by atoms with Crippen LogP contribution in [-0.4, -0.2) is 36.1 Å². The average molecular weight is 340 g/mol. The molecule has 0 saturated carbocycles. The monoisotopic (exact) mass is 340 g/mol. The number of nitrogens with one attached hydrogen (secondary N) is 1. The van der Waals surface area contributed by atoms with Crippen molar-refractivity contribution in [2.24, 2.45) is 0 Å². The molecule has 0 aromatic carbocycles. The minimum absolute atomic E-state index is 0.0550. The van der Waals surface area contributed by atoms with Gasteiger partial charge in [0.1, 0.15) is 12.4 Å². The summed E-state index contributed by atoms with van der Waals surface area (Å²) in [5, 5.41) is 7.10. The highest BCUT2D eigenvalue weighted by Gasteiger charge is 2.15. The Bertz CT molecular complexity index is 960. The highest BCUT2D eigenvalue weighted by atomic mass is 16.2. The maximum Gasteiger partial charge on any atom is 0.352 e. The summed E-state index contributed by atoms with van der Waals surface area (Å²) in [5.41, 5.74) is 1.39. The second kappa shape index (κ2) is 6.84. The lowest BCUT2D eigenvalue weighted by Crippen LogP contribution is -2.37. The second-order valence-electron chi connectivity index (χ2n) is 5.91. The number of aromatic nitrogens is 5. The first-order valence-electron chi connectivity index (χ1n) is 8.17. The van der Waals surface area contributed by atoms with Crippen molar-refractivity contribution in [2.45, 2.75) is 39.8 Å². The van der Waals surface area contributed by atoms with Crippen LogP contribution in [0.2, 0.25) is 0 Å². The number of hydrogen-bond acceptors (Lipinski definition) is 5. The number of rotatable bonds is 5. The van der Waals surface area contributed by atoms with Crippen LogP contribution in [0, 0.1) is 6.92 Å². The normalized spacial score (nSPS) is 12.3. The zero-order valence-electron chi connectivity index (χ0n) is 14.4. The lowest BCUT2D eigenvalue weighted by Gasteiger charge is -2.10. The Hall–Kier alpha value is -3.03. The van der Waals surface area contributed by atoms with E-state index in [1.807, 2.05) is 32.0 Å². The number of carbonyl (C=O) groups is 1. The van der Waals surface area contributed by atoms with E-state index < -0.39 is 0 Å². The molecule has 0 aliphatic heterocycles. The molecule has 3 rings (SSSR count). The van der Waals surface area contributed by atoms with Crippen LogP contribution in [-0.2, 0) is 11.3 Å². The van der Waals surface area contributed by atoms with Gasteiger partial charge in [-0.2, -0.15) is 0 Å². The fraction of sp³-hybridized carbons (Fsp3) is 0.353. The van der Waals surface area contributed by atoms with Gasteiger partial charge in [-0.05, 0) is 32.4 Å². The van der Waals surface area contributed by atoms with Crippen molar-refractivity contribution in [1.29, 1.82) is 0 Å². The first-order chi connectivity index (χ1) is 12.0. The second-order valence-corrected chi connectivity index (χ2v) is 5.91. The van der Waals surface area contributed by atoms with Gasteiger partial charge in [0.05, 0.1) is 11.4 Å². The van der Waals surface area contributed by atoms with E-state index in [-0.39, 0.29) is 24.2 Å². The maximum atomic E-state index is 12.5. The van der Waals surface area contributed by atoms with E-state index in [2.05, 4.69) is 20.4 Å². The van der Waals surface area contributed by atoms with Gasteiger partial charge in [-0.3, -0.25) is 9.78 Å². The first kappa shape index (κ1) is 16.8. The molecule has 8 nitrogen and oxygen atoms in total. The summed E-state index contributed by atoms with van der Waals surface area (Å²) < 4.78 is 2.55. The average Bonchev–Trinajstić information content (AvgIpc) is 2.91. The number of aryl methyl sites for hydroxylation is 1. The Morgan fingerprint density at radius 1 is 1.32 bits per heavy atom. The number of hydrogen-bond donors (Lipinski definition) is 1. The van der Waals surface area contributed by atoms with Gasteiger partial charge in [-0.1, -0.05) is 13.0 Å². The summed E-state index contributed by atoms with van der Waals surface area (Å²) in [4.78, 5) is 33.3. The molecular formula is C17H20N6O2. The van der Waals surface area contributed by atoms with E-state index in [0.29, 0.717) is 22.9 Å². The Morgan fingerprint density at radius 2 is 2.12 bits per heavy atom. The van der Waals surface area contributed by atoms with E-state index in [0.717, 1.165) is 11.1 Å². The van der Waals surface area contributed by atoms with Gasteiger partial charge in [-0.15, -0.1) is 5.10 Å². The van der Waals surface area contributed by atoms with E-state index in [9.17, 15) is 9.59 Å². The largest absolute Gasteiger partial charge is 0.352 e. The molecule has 8 heteroatoms. The Labute approximate surface area is 144 Å². The van der Waals surface area contributed by atoms with Crippen LogP contribution < -0.4 is 11.0 Å². The summed E-state index contributed by atoms with van der Waals surface area (Å²) in [7, 11) is 0. The molecule has 1 N–H and O–H groups in total. The number of nitrogens with zero attached hydrogens (tertiary/aromatic N) is 5.